The summed E-state index contributed by atoms with van der Waals surface area (Å²) < 4.78 is 56.5. The lowest BCUT2D eigenvalue weighted by Gasteiger charge is -2.38. The van der Waals surface area contributed by atoms with E-state index in [1.165, 1.54) is 24.4 Å². The van der Waals surface area contributed by atoms with Crippen LogP contribution in [0.5, 0.6) is 0 Å². The van der Waals surface area contributed by atoms with E-state index in [2.05, 4.69) is 4.98 Å². The summed E-state index contributed by atoms with van der Waals surface area (Å²) >= 11 is 0. The van der Waals surface area contributed by atoms with Gasteiger partial charge in [-0.3, -0.25) is 4.98 Å². The third kappa shape index (κ3) is 3.39. The van der Waals surface area contributed by atoms with Crippen LogP contribution >= 0.6 is 0 Å². The van der Waals surface area contributed by atoms with Gasteiger partial charge in [0, 0.05) is 18.0 Å². The topological polar surface area (TPSA) is 33.1 Å². The summed E-state index contributed by atoms with van der Waals surface area (Å²) in [5.74, 6) is -0.401. The lowest BCUT2D eigenvalue weighted by molar-refractivity contribution is -0.266. The van der Waals surface area contributed by atoms with E-state index in [1.807, 2.05) is 0 Å². The largest absolute Gasteiger partial charge is 0.417 e. The van der Waals surface area contributed by atoms with Crippen molar-refractivity contribution in [2.24, 2.45) is 0 Å². The number of aromatic nitrogens is 1. The molecule has 0 bridgehead atoms. The Balaban J connectivity index is 1.75. The van der Waals surface area contributed by atoms with Crippen molar-refractivity contribution < 1.29 is 22.7 Å². The molecule has 0 radical (unpaired) electrons. The Labute approximate surface area is 166 Å². The third-order valence-electron chi connectivity index (χ3n) is 6.13. The van der Waals surface area contributed by atoms with Crippen LogP contribution in [0.25, 0.3) is 10.9 Å². The fraction of sp³-hybridized carbons (Fsp3) is 0.348. The quantitative estimate of drug-likeness (QED) is 0.583. The van der Waals surface area contributed by atoms with Crippen LogP contribution in [0.15, 0.2) is 54.7 Å². The van der Waals surface area contributed by atoms with Gasteiger partial charge in [0.05, 0.1) is 5.52 Å². The Morgan fingerprint density at radius 1 is 1.07 bits per heavy atom. The molecule has 2 atom stereocenters. The van der Waals surface area contributed by atoms with Crippen molar-refractivity contribution in [1.29, 1.82) is 0 Å². The summed E-state index contributed by atoms with van der Waals surface area (Å²) in [5, 5.41) is 11.5. The van der Waals surface area contributed by atoms with Gasteiger partial charge in [0.25, 0.3) is 0 Å². The molecule has 4 rings (SSSR count). The maximum atomic E-state index is 14.1. The highest BCUT2D eigenvalue weighted by Gasteiger charge is 2.57. The van der Waals surface area contributed by atoms with E-state index in [0.29, 0.717) is 40.4 Å². The number of hydrogen-bond donors (Lipinski definition) is 1. The number of rotatable bonds is 4. The number of nitrogens with zero attached hydrogens (tertiary/aromatic N) is 1. The molecule has 1 heterocycles. The zero-order valence-corrected chi connectivity index (χ0v) is 15.9. The van der Waals surface area contributed by atoms with Crippen molar-refractivity contribution in [1.82, 2.24) is 4.98 Å². The molecule has 2 nitrogen and oxygen atoms in total. The van der Waals surface area contributed by atoms with Gasteiger partial charge in [0.2, 0.25) is 0 Å². The molecule has 0 spiro atoms. The summed E-state index contributed by atoms with van der Waals surface area (Å²) in [4.78, 5) is 4.19. The smallest absolute Gasteiger partial charge is 0.380 e. The molecule has 152 valence electrons. The monoisotopic (exact) mass is 403 g/mol. The Morgan fingerprint density at radius 2 is 1.83 bits per heavy atom. The molecule has 0 fully saturated rings. The summed E-state index contributed by atoms with van der Waals surface area (Å²) in [7, 11) is 0. The van der Waals surface area contributed by atoms with E-state index >= 15 is 0 Å². The number of halogens is 4. The molecule has 3 aromatic rings. The maximum Gasteiger partial charge on any atom is 0.417 e. The number of para-hydroxylation sites is 1. The number of pyridine rings is 1. The zero-order valence-electron chi connectivity index (χ0n) is 15.9. The first-order valence-electron chi connectivity index (χ1n) is 9.53. The number of fused-ring (bicyclic) bond motifs is 2. The summed E-state index contributed by atoms with van der Waals surface area (Å²) in [6, 6.07) is 13.0. The summed E-state index contributed by atoms with van der Waals surface area (Å²) in [6.45, 7) is 1.68. The second-order valence-corrected chi connectivity index (χ2v) is 8.20. The zero-order chi connectivity index (χ0) is 20.9. The predicted molar refractivity (Wildman–Crippen MR) is 103 cm³/mol. The van der Waals surface area contributed by atoms with Gasteiger partial charge in [0.15, 0.2) is 5.60 Å². The lowest BCUT2D eigenvalue weighted by Crippen LogP contribution is -2.51. The first-order chi connectivity index (χ1) is 13.6. The molecule has 0 saturated heterocycles. The lowest BCUT2D eigenvalue weighted by atomic mass is 9.72. The average Bonchev–Trinajstić information content (AvgIpc) is 2.99. The van der Waals surface area contributed by atoms with Crippen LogP contribution in [-0.4, -0.2) is 21.9 Å². The maximum absolute atomic E-state index is 14.1. The Hall–Kier alpha value is -2.47. The molecule has 1 aliphatic rings. The van der Waals surface area contributed by atoms with Crippen molar-refractivity contribution in [3.05, 3.63) is 77.2 Å². The molecule has 0 aliphatic heterocycles. The van der Waals surface area contributed by atoms with Crippen molar-refractivity contribution in [2.75, 3.05) is 0 Å². The Bertz CT molecular complexity index is 1060. The second kappa shape index (κ2) is 6.80. The van der Waals surface area contributed by atoms with Crippen LogP contribution in [-0.2, 0) is 18.3 Å². The highest BCUT2D eigenvalue weighted by molar-refractivity contribution is 5.81. The van der Waals surface area contributed by atoms with Gasteiger partial charge < -0.3 is 5.11 Å². The number of hydrogen-bond acceptors (Lipinski definition) is 2. The minimum atomic E-state index is -4.84. The van der Waals surface area contributed by atoms with Crippen LogP contribution in [0, 0.1) is 5.82 Å². The molecule has 0 saturated carbocycles. The fourth-order valence-corrected chi connectivity index (χ4v) is 4.63. The minimum Gasteiger partial charge on any atom is -0.380 e. The van der Waals surface area contributed by atoms with Crippen LogP contribution < -0.4 is 0 Å². The summed E-state index contributed by atoms with van der Waals surface area (Å²) in [6.07, 6.45) is -3.77. The van der Waals surface area contributed by atoms with Gasteiger partial charge in [0.1, 0.15) is 5.82 Å². The molecular weight excluding hydrogens is 382 g/mol. The summed E-state index contributed by atoms with van der Waals surface area (Å²) in [5.41, 5.74) is -1.94. The second-order valence-electron chi connectivity index (χ2n) is 8.20. The van der Waals surface area contributed by atoms with Crippen molar-refractivity contribution in [3.8, 4) is 0 Å². The highest BCUT2D eigenvalue weighted by atomic mass is 19.4. The van der Waals surface area contributed by atoms with Gasteiger partial charge in [-0.1, -0.05) is 37.3 Å². The average molecular weight is 403 g/mol. The molecule has 1 aliphatic carbocycles. The van der Waals surface area contributed by atoms with Crippen molar-refractivity contribution in [3.63, 3.8) is 0 Å². The molecule has 2 aromatic carbocycles. The molecule has 1 N–H and O–H groups in total. The number of benzene rings is 2. The van der Waals surface area contributed by atoms with E-state index in [1.54, 1.807) is 37.3 Å². The fourth-order valence-electron chi connectivity index (χ4n) is 4.63. The number of alkyl halides is 3. The number of aliphatic hydroxyl groups is 1. The molecule has 6 heteroatoms. The highest BCUT2D eigenvalue weighted by Crippen LogP contribution is 2.49. The van der Waals surface area contributed by atoms with Gasteiger partial charge in [-0.15, -0.1) is 0 Å². The van der Waals surface area contributed by atoms with Crippen molar-refractivity contribution in [2.45, 2.75) is 49.8 Å². The standard InChI is InChI=1S/C23H21F4NO/c1-21(11-9-17-18(21)6-4-7-19(17)24)14-22(29,23(25,26)27)13-15-10-12-28-20-8-3-2-5-16(15)20/h2-8,10,12,29H,9,11,13-14H2,1H3. The first-order valence-corrected chi connectivity index (χ1v) is 9.53. The van der Waals surface area contributed by atoms with Gasteiger partial charge in [-0.05, 0) is 59.6 Å². The molecule has 2 unspecified atom stereocenters. The van der Waals surface area contributed by atoms with E-state index < -0.39 is 35.9 Å². The van der Waals surface area contributed by atoms with Gasteiger partial charge in [-0.2, -0.15) is 13.2 Å². The van der Waals surface area contributed by atoms with E-state index in [4.69, 9.17) is 0 Å². The Morgan fingerprint density at radius 3 is 2.59 bits per heavy atom. The van der Waals surface area contributed by atoms with Crippen LogP contribution in [0.3, 0.4) is 0 Å². The normalized spacial score (nSPS) is 21.2. The van der Waals surface area contributed by atoms with Gasteiger partial charge >= 0.3 is 6.18 Å². The first kappa shape index (κ1) is 19.8. The van der Waals surface area contributed by atoms with E-state index in [-0.39, 0.29) is 0 Å². The van der Waals surface area contributed by atoms with Crippen LogP contribution in [0.1, 0.15) is 36.5 Å². The SMILES string of the molecule is CC1(CC(O)(Cc2ccnc3ccccc23)C(F)(F)F)CCc2c(F)cccc21. The molecular formula is C23H21F4NO. The van der Waals surface area contributed by atoms with E-state index in [9.17, 15) is 22.7 Å². The Kier molecular flexibility index (Phi) is 4.65. The molecule has 29 heavy (non-hydrogen) atoms. The predicted octanol–water partition coefficient (Wildman–Crippen LogP) is 5.50. The van der Waals surface area contributed by atoms with Crippen molar-refractivity contribution >= 4 is 10.9 Å². The third-order valence-corrected chi connectivity index (χ3v) is 6.13. The minimum absolute atomic E-state index is 0.360. The molecule has 0 amide bonds. The van der Waals surface area contributed by atoms with E-state index in [0.717, 1.165) is 0 Å². The van der Waals surface area contributed by atoms with Crippen LogP contribution in [0.2, 0.25) is 0 Å². The molecule has 1 aromatic heterocycles. The van der Waals surface area contributed by atoms with Gasteiger partial charge in [-0.25, -0.2) is 4.39 Å². The van der Waals surface area contributed by atoms with Crippen LogP contribution in [0.4, 0.5) is 17.6 Å².